The molecular weight excluding hydrogens is 378 g/mol. The third kappa shape index (κ3) is 5.06. The molecule has 27 heavy (non-hydrogen) atoms. The van der Waals surface area contributed by atoms with Crippen molar-refractivity contribution >= 4 is 28.3 Å². The van der Waals surface area contributed by atoms with Crippen LogP contribution < -0.4 is 11.1 Å². The van der Waals surface area contributed by atoms with Crippen LogP contribution >= 0.6 is 11.3 Å². The molecule has 1 aliphatic rings. The van der Waals surface area contributed by atoms with Crippen LogP contribution in [-0.2, 0) is 14.3 Å². The molecule has 7 nitrogen and oxygen atoms in total. The van der Waals surface area contributed by atoms with E-state index in [9.17, 15) is 18.4 Å². The Morgan fingerprint density at radius 3 is 2.93 bits per heavy atom. The molecular formula is C17H18F2N4O3S. The maximum Gasteiger partial charge on any atom is 0.240 e. The van der Waals surface area contributed by atoms with E-state index in [1.807, 2.05) is 4.90 Å². The van der Waals surface area contributed by atoms with E-state index in [4.69, 9.17) is 10.5 Å². The van der Waals surface area contributed by atoms with Crippen molar-refractivity contribution < 1.29 is 23.1 Å². The third-order valence-electron chi connectivity index (χ3n) is 4.10. The number of amides is 2. The number of hydrogen-bond acceptors (Lipinski definition) is 6. The summed E-state index contributed by atoms with van der Waals surface area (Å²) in [5.74, 6) is -2.64. The zero-order chi connectivity index (χ0) is 19.4. The van der Waals surface area contributed by atoms with Crippen LogP contribution in [0.3, 0.4) is 0 Å². The Labute approximate surface area is 158 Å². The smallest absolute Gasteiger partial charge is 0.240 e. The van der Waals surface area contributed by atoms with Crippen LogP contribution in [-0.4, -0.2) is 54.0 Å². The predicted molar refractivity (Wildman–Crippen MR) is 96.1 cm³/mol. The molecule has 10 heteroatoms. The lowest BCUT2D eigenvalue weighted by atomic mass is 10.1. The molecule has 1 aromatic heterocycles. The van der Waals surface area contributed by atoms with Crippen molar-refractivity contribution in [3.05, 3.63) is 35.2 Å². The number of benzene rings is 1. The number of anilines is 1. The van der Waals surface area contributed by atoms with Gasteiger partial charge in [0.1, 0.15) is 0 Å². The number of ether oxygens (including phenoxy) is 1. The topological polar surface area (TPSA) is 97.6 Å². The summed E-state index contributed by atoms with van der Waals surface area (Å²) < 4.78 is 31.7. The van der Waals surface area contributed by atoms with Crippen LogP contribution in [0.25, 0.3) is 11.3 Å². The number of hydrogen-bond donors (Lipinski definition) is 2. The highest BCUT2D eigenvalue weighted by Crippen LogP contribution is 2.26. The standard InChI is InChI=1S/C17H18F2N4O3S/c18-12-2-1-10(5-13(12)19)14-9-27-17(21-14)22-16(25)7-23-3-4-26-8-11(23)6-15(20)24/h1-2,5,9,11H,3-4,6-8H2,(H2,20,24)(H,21,22,25). The second-order valence-corrected chi connectivity index (χ2v) is 6.94. The molecule has 3 N–H and O–H groups in total. The Morgan fingerprint density at radius 1 is 1.37 bits per heavy atom. The van der Waals surface area contributed by atoms with E-state index in [2.05, 4.69) is 10.3 Å². The largest absolute Gasteiger partial charge is 0.378 e. The number of rotatable bonds is 6. The number of carbonyl (C=O) groups excluding carboxylic acids is 2. The summed E-state index contributed by atoms with van der Waals surface area (Å²) in [6.07, 6.45) is 0.116. The summed E-state index contributed by atoms with van der Waals surface area (Å²) in [6.45, 7) is 1.40. The van der Waals surface area contributed by atoms with Gasteiger partial charge < -0.3 is 15.8 Å². The Bertz CT molecular complexity index is 845. The number of halogens is 2. The minimum Gasteiger partial charge on any atom is -0.378 e. The zero-order valence-electron chi connectivity index (χ0n) is 14.3. The maximum absolute atomic E-state index is 13.4. The number of nitrogens with one attached hydrogen (secondary N) is 1. The highest BCUT2D eigenvalue weighted by atomic mass is 32.1. The van der Waals surface area contributed by atoms with Crippen LogP contribution in [0.1, 0.15) is 6.42 Å². The summed E-state index contributed by atoms with van der Waals surface area (Å²) in [4.78, 5) is 29.5. The zero-order valence-corrected chi connectivity index (χ0v) is 15.1. The van der Waals surface area contributed by atoms with Crippen LogP contribution in [0.15, 0.2) is 23.6 Å². The van der Waals surface area contributed by atoms with Gasteiger partial charge in [0.25, 0.3) is 0 Å². The highest BCUT2D eigenvalue weighted by molar-refractivity contribution is 7.14. The van der Waals surface area contributed by atoms with E-state index in [0.717, 1.165) is 12.1 Å². The van der Waals surface area contributed by atoms with Gasteiger partial charge in [0.2, 0.25) is 11.8 Å². The Balaban J connectivity index is 1.61. The molecule has 1 atom stereocenters. The minimum absolute atomic E-state index is 0.0708. The summed E-state index contributed by atoms with van der Waals surface area (Å²) in [6, 6.07) is 3.26. The van der Waals surface area contributed by atoms with Gasteiger partial charge in [0.15, 0.2) is 16.8 Å². The molecule has 1 aromatic carbocycles. The van der Waals surface area contributed by atoms with Gasteiger partial charge in [0, 0.05) is 30.0 Å². The number of morpholine rings is 1. The van der Waals surface area contributed by atoms with Gasteiger partial charge in [-0.25, -0.2) is 13.8 Å². The third-order valence-corrected chi connectivity index (χ3v) is 4.86. The lowest BCUT2D eigenvalue weighted by molar-refractivity contribution is -0.124. The fraction of sp³-hybridized carbons (Fsp3) is 0.353. The normalized spacial score (nSPS) is 17.6. The summed E-state index contributed by atoms with van der Waals surface area (Å²) in [5, 5.41) is 4.67. The van der Waals surface area contributed by atoms with Gasteiger partial charge in [-0.3, -0.25) is 14.5 Å². The Kier molecular flexibility index (Phi) is 6.09. The average Bonchev–Trinajstić information content (AvgIpc) is 3.07. The van der Waals surface area contributed by atoms with E-state index in [0.29, 0.717) is 36.1 Å². The Hall–Kier alpha value is -2.43. The fourth-order valence-corrected chi connectivity index (χ4v) is 3.52. The molecule has 3 rings (SSSR count). The first kappa shape index (κ1) is 19.3. The molecule has 1 fully saturated rings. The first-order valence-corrected chi connectivity index (χ1v) is 9.11. The number of thiazole rings is 1. The van der Waals surface area contributed by atoms with Crippen LogP contribution in [0.2, 0.25) is 0 Å². The molecule has 2 amide bonds. The number of carbonyl (C=O) groups is 2. The summed E-state index contributed by atoms with van der Waals surface area (Å²) >= 11 is 1.18. The molecule has 2 aromatic rings. The summed E-state index contributed by atoms with van der Waals surface area (Å²) in [7, 11) is 0. The van der Waals surface area contributed by atoms with Gasteiger partial charge in [-0.2, -0.15) is 0 Å². The minimum atomic E-state index is -0.959. The molecule has 0 spiro atoms. The van der Waals surface area contributed by atoms with Gasteiger partial charge in [0.05, 0.1) is 25.5 Å². The van der Waals surface area contributed by atoms with Crippen molar-refractivity contribution in [2.45, 2.75) is 12.5 Å². The van der Waals surface area contributed by atoms with Gasteiger partial charge >= 0.3 is 0 Å². The highest BCUT2D eigenvalue weighted by Gasteiger charge is 2.26. The van der Waals surface area contributed by atoms with E-state index in [1.165, 1.54) is 17.4 Å². The number of nitrogens with two attached hydrogens (primary N) is 1. The monoisotopic (exact) mass is 396 g/mol. The van der Waals surface area contributed by atoms with Crippen molar-refractivity contribution in [1.82, 2.24) is 9.88 Å². The molecule has 1 saturated heterocycles. The second-order valence-electron chi connectivity index (χ2n) is 6.08. The number of nitrogens with zero attached hydrogens (tertiary/aromatic N) is 2. The van der Waals surface area contributed by atoms with Crippen molar-refractivity contribution in [3.63, 3.8) is 0 Å². The Morgan fingerprint density at radius 2 is 2.19 bits per heavy atom. The first-order chi connectivity index (χ1) is 12.9. The van der Waals surface area contributed by atoms with Crippen LogP contribution in [0.4, 0.5) is 13.9 Å². The van der Waals surface area contributed by atoms with Crippen molar-refractivity contribution in [3.8, 4) is 11.3 Å². The number of aromatic nitrogens is 1. The van der Waals surface area contributed by atoms with Gasteiger partial charge in [-0.05, 0) is 18.2 Å². The van der Waals surface area contributed by atoms with Gasteiger partial charge in [-0.15, -0.1) is 11.3 Å². The van der Waals surface area contributed by atoms with Gasteiger partial charge in [-0.1, -0.05) is 0 Å². The van der Waals surface area contributed by atoms with Crippen molar-refractivity contribution in [2.24, 2.45) is 5.73 Å². The summed E-state index contributed by atoms with van der Waals surface area (Å²) in [5.41, 5.74) is 6.09. The molecule has 144 valence electrons. The molecule has 0 aliphatic carbocycles. The molecule has 1 aliphatic heterocycles. The van der Waals surface area contributed by atoms with E-state index >= 15 is 0 Å². The van der Waals surface area contributed by atoms with Crippen molar-refractivity contribution in [1.29, 1.82) is 0 Å². The van der Waals surface area contributed by atoms with E-state index < -0.39 is 17.5 Å². The molecule has 0 bridgehead atoms. The predicted octanol–water partition coefficient (Wildman–Crippen LogP) is 1.60. The van der Waals surface area contributed by atoms with E-state index in [1.54, 1.807) is 5.38 Å². The first-order valence-electron chi connectivity index (χ1n) is 8.23. The second kappa shape index (κ2) is 8.51. The molecule has 2 heterocycles. The number of primary amides is 1. The van der Waals surface area contributed by atoms with Crippen LogP contribution in [0, 0.1) is 11.6 Å². The van der Waals surface area contributed by atoms with Crippen molar-refractivity contribution in [2.75, 3.05) is 31.6 Å². The quantitative estimate of drug-likeness (QED) is 0.773. The molecule has 0 saturated carbocycles. The lowest BCUT2D eigenvalue weighted by Crippen LogP contribution is -2.49. The average molecular weight is 396 g/mol. The molecule has 1 unspecified atom stereocenters. The SMILES string of the molecule is NC(=O)CC1COCCN1CC(=O)Nc1nc(-c2ccc(F)c(F)c2)cs1. The lowest BCUT2D eigenvalue weighted by Gasteiger charge is -2.34. The molecule has 0 radical (unpaired) electrons. The maximum atomic E-state index is 13.4. The van der Waals surface area contributed by atoms with E-state index in [-0.39, 0.29) is 24.9 Å². The van der Waals surface area contributed by atoms with Crippen LogP contribution in [0.5, 0.6) is 0 Å². The fourth-order valence-electron chi connectivity index (χ4n) is 2.78.